The molecule has 3 heterocycles. The van der Waals surface area contributed by atoms with Crippen molar-refractivity contribution in [2.45, 2.75) is 33.7 Å². The quantitative estimate of drug-likeness (QED) is 0.720. The van der Waals surface area contributed by atoms with Gasteiger partial charge in [0.05, 0.1) is 21.7 Å². The second kappa shape index (κ2) is 6.14. The Hall–Kier alpha value is -2.00. The van der Waals surface area contributed by atoms with E-state index in [9.17, 15) is 9.59 Å². The highest BCUT2D eigenvalue weighted by Crippen LogP contribution is 2.21. The number of nitrogens with zero attached hydrogens (tertiary/aromatic N) is 4. The number of amides is 1. The average Bonchev–Trinajstić information content (AvgIpc) is 3.06. The van der Waals surface area contributed by atoms with Crippen LogP contribution in [0.25, 0.3) is 10.2 Å². The van der Waals surface area contributed by atoms with Crippen LogP contribution >= 0.6 is 27.3 Å². The highest BCUT2D eigenvalue weighted by Gasteiger charge is 2.20. The van der Waals surface area contributed by atoms with E-state index in [4.69, 9.17) is 0 Å². The number of halogens is 1. The van der Waals surface area contributed by atoms with Gasteiger partial charge >= 0.3 is 0 Å². The molecule has 0 aromatic carbocycles. The molecule has 0 spiro atoms. The highest BCUT2D eigenvalue weighted by atomic mass is 79.9. The summed E-state index contributed by atoms with van der Waals surface area (Å²) in [4.78, 5) is 31.2. The predicted molar refractivity (Wildman–Crippen MR) is 97.1 cm³/mol. The van der Waals surface area contributed by atoms with Gasteiger partial charge in [-0.2, -0.15) is 5.10 Å². The number of thiophene rings is 1. The van der Waals surface area contributed by atoms with E-state index in [1.807, 2.05) is 13.8 Å². The van der Waals surface area contributed by atoms with Crippen LogP contribution in [0.1, 0.15) is 29.4 Å². The van der Waals surface area contributed by atoms with Crippen LogP contribution in [0.5, 0.6) is 0 Å². The first-order valence-electron chi connectivity index (χ1n) is 7.30. The van der Waals surface area contributed by atoms with Crippen LogP contribution in [-0.2, 0) is 4.79 Å². The van der Waals surface area contributed by atoms with Gasteiger partial charge in [0.1, 0.15) is 16.7 Å². The van der Waals surface area contributed by atoms with E-state index < -0.39 is 6.04 Å². The number of nitrogens with one attached hydrogen (secondary N) is 1. The van der Waals surface area contributed by atoms with Crippen LogP contribution < -0.4 is 11.0 Å². The van der Waals surface area contributed by atoms with Crippen molar-refractivity contribution in [2.75, 3.05) is 5.43 Å². The molecule has 126 valence electrons. The van der Waals surface area contributed by atoms with Crippen LogP contribution in [-0.4, -0.2) is 25.3 Å². The number of fused-ring (bicyclic) bond motifs is 1. The Morgan fingerprint density at radius 1 is 1.38 bits per heavy atom. The molecule has 1 N–H and O–H groups in total. The molecule has 1 amide bonds. The van der Waals surface area contributed by atoms with E-state index in [1.54, 1.807) is 30.8 Å². The van der Waals surface area contributed by atoms with Crippen molar-refractivity contribution in [3.63, 3.8) is 0 Å². The van der Waals surface area contributed by atoms with Crippen molar-refractivity contribution in [2.24, 2.45) is 0 Å². The Morgan fingerprint density at radius 3 is 2.71 bits per heavy atom. The maximum atomic E-state index is 12.6. The van der Waals surface area contributed by atoms with Gasteiger partial charge in [-0.1, -0.05) is 0 Å². The van der Waals surface area contributed by atoms with Crippen LogP contribution in [0.15, 0.2) is 21.5 Å². The summed E-state index contributed by atoms with van der Waals surface area (Å²) in [6.45, 7) is 7.20. The van der Waals surface area contributed by atoms with E-state index in [0.717, 1.165) is 15.0 Å². The number of aromatic nitrogens is 4. The lowest BCUT2D eigenvalue weighted by atomic mass is 10.3. The van der Waals surface area contributed by atoms with Crippen molar-refractivity contribution in [1.29, 1.82) is 0 Å². The molecule has 0 radical (unpaired) electrons. The number of hydrogen-bond donors (Lipinski definition) is 1. The summed E-state index contributed by atoms with van der Waals surface area (Å²) in [6.07, 6.45) is 1.64. The van der Waals surface area contributed by atoms with Crippen LogP contribution in [0, 0.1) is 20.8 Å². The molecule has 24 heavy (non-hydrogen) atoms. The van der Waals surface area contributed by atoms with Gasteiger partial charge in [-0.15, -0.1) is 11.3 Å². The summed E-state index contributed by atoms with van der Waals surface area (Å²) in [5.74, 6) is 0.0975. The largest absolute Gasteiger partial charge is 0.281 e. The molecule has 3 rings (SSSR count). The normalized spacial score (nSPS) is 12.5. The zero-order valence-electron chi connectivity index (χ0n) is 13.6. The van der Waals surface area contributed by atoms with Crippen molar-refractivity contribution in [1.82, 2.24) is 19.4 Å². The first kappa shape index (κ1) is 16.8. The van der Waals surface area contributed by atoms with Gasteiger partial charge in [-0.05, 0) is 49.7 Å². The smallest absolute Gasteiger partial charge is 0.271 e. The molecule has 0 saturated carbocycles. The fourth-order valence-corrected chi connectivity index (χ4v) is 3.63. The molecule has 7 nitrogen and oxygen atoms in total. The Balaban J connectivity index is 1.96. The number of carbonyl (C=O) groups excluding carboxylic acids is 1. The molecule has 9 heteroatoms. The number of carbonyl (C=O) groups is 1. The Kier molecular flexibility index (Phi) is 4.31. The lowest BCUT2D eigenvalue weighted by molar-refractivity contribution is -0.120. The molecule has 3 aromatic heterocycles. The molecule has 3 aromatic rings. The Labute approximate surface area is 150 Å². The fraction of sp³-hybridized carbons (Fsp3) is 0.333. The van der Waals surface area contributed by atoms with Gasteiger partial charge in [0, 0.05) is 4.88 Å². The summed E-state index contributed by atoms with van der Waals surface area (Å²) in [7, 11) is 0. The van der Waals surface area contributed by atoms with Gasteiger partial charge < -0.3 is 0 Å². The van der Waals surface area contributed by atoms with Gasteiger partial charge in [0.25, 0.3) is 11.5 Å². The standard InChI is InChI=1S/C15H16BrN5O2S/c1-7-5-11-14(24-7)18-10(4)21(15(11)23)19-13(22)9(3)20-8(2)12(16)6-17-20/h5-6,9H,1-4H3,(H,19,22)/t9-/m0/s1. The van der Waals surface area contributed by atoms with Gasteiger partial charge in [0.15, 0.2) is 0 Å². The lowest BCUT2D eigenvalue weighted by Crippen LogP contribution is -2.38. The fourth-order valence-electron chi connectivity index (χ4n) is 2.44. The average molecular weight is 410 g/mol. The number of aryl methyl sites for hydroxylation is 2. The van der Waals surface area contributed by atoms with E-state index in [2.05, 4.69) is 31.4 Å². The molecular formula is C15H16BrN5O2S. The molecule has 0 aliphatic carbocycles. The topological polar surface area (TPSA) is 81.8 Å². The van der Waals surface area contributed by atoms with Crippen LogP contribution in [0.4, 0.5) is 0 Å². The first-order valence-corrected chi connectivity index (χ1v) is 8.91. The zero-order valence-corrected chi connectivity index (χ0v) is 16.0. The molecule has 0 aliphatic heterocycles. The molecule has 1 atom stereocenters. The molecular weight excluding hydrogens is 394 g/mol. The summed E-state index contributed by atoms with van der Waals surface area (Å²) in [5, 5.41) is 4.69. The molecule has 0 saturated heterocycles. The maximum Gasteiger partial charge on any atom is 0.281 e. The van der Waals surface area contributed by atoms with E-state index in [1.165, 1.54) is 16.0 Å². The second-order valence-corrected chi connectivity index (χ2v) is 7.64. The maximum absolute atomic E-state index is 12.6. The molecule has 0 fully saturated rings. The summed E-state index contributed by atoms with van der Waals surface area (Å²) in [6, 6.07) is 1.22. The first-order chi connectivity index (χ1) is 11.3. The van der Waals surface area contributed by atoms with E-state index >= 15 is 0 Å². The zero-order chi connectivity index (χ0) is 17.6. The summed E-state index contributed by atoms with van der Waals surface area (Å²) >= 11 is 4.83. The van der Waals surface area contributed by atoms with Gasteiger partial charge in [0.2, 0.25) is 0 Å². The lowest BCUT2D eigenvalue weighted by Gasteiger charge is -2.16. The molecule has 0 bridgehead atoms. The van der Waals surface area contributed by atoms with E-state index in [-0.39, 0.29) is 11.5 Å². The van der Waals surface area contributed by atoms with E-state index in [0.29, 0.717) is 16.0 Å². The number of hydrogen-bond acceptors (Lipinski definition) is 5. The monoisotopic (exact) mass is 409 g/mol. The third-order valence-corrected chi connectivity index (χ3v) is 5.53. The summed E-state index contributed by atoms with van der Waals surface area (Å²) in [5.41, 5.74) is 3.21. The Bertz CT molecular complexity index is 1000. The van der Waals surface area contributed by atoms with Crippen LogP contribution in [0.3, 0.4) is 0 Å². The van der Waals surface area contributed by atoms with Crippen molar-refractivity contribution in [3.8, 4) is 0 Å². The summed E-state index contributed by atoms with van der Waals surface area (Å²) < 4.78 is 3.62. The van der Waals surface area contributed by atoms with Crippen molar-refractivity contribution >= 4 is 43.4 Å². The van der Waals surface area contributed by atoms with Gasteiger partial charge in [-0.3, -0.25) is 19.7 Å². The third kappa shape index (κ3) is 2.78. The second-order valence-electron chi connectivity index (χ2n) is 5.55. The minimum atomic E-state index is -0.567. The predicted octanol–water partition coefficient (Wildman–Crippen LogP) is 2.67. The minimum Gasteiger partial charge on any atom is -0.271 e. The van der Waals surface area contributed by atoms with Crippen molar-refractivity contribution < 1.29 is 4.79 Å². The van der Waals surface area contributed by atoms with Crippen molar-refractivity contribution in [3.05, 3.63) is 43.5 Å². The highest BCUT2D eigenvalue weighted by molar-refractivity contribution is 9.10. The molecule has 0 unspecified atom stereocenters. The van der Waals surface area contributed by atoms with Crippen LogP contribution in [0.2, 0.25) is 0 Å². The SMILES string of the molecule is Cc1cc2c(=O)n(NC(=O)[C@H](C)n3ncc(Br)c3C)c(C)nc2s1. The number of rotatable bonds is 3. The minimum absolute atomic E-state index is 0.277. The third-order valence-electron chi connectivity index (χ3n) is 3.81. The Morgan fingerprint density at radius 2 is 2.08 bits per heavy atom. The van der Waals surface area contributed by atoms with Gasteiger partial charge in [-0.25, -0.2) is 9.66 Å². The molecule has 0 aliphatic rings.